The molecular weight excluding hydrogens is 274 g/mol. The quantitative estimate of drug-likeness (QED) is 0.841. The summed E-state index contributed by atoms with van der Waals surface area (Å²) in [4.78, 5) is 24.1. The molecule has 1 saturated carbocycles. The fraction of sp³-hybridized carbons (Fsp3) is 0.867. The van der Waals surface area contributed by atoms with E-state index in [0.29, 0.717) is 12.8 Å². The van der Waals surface area contributed by atoms with Crippen molar-refractivity contribution >= 4 is 23.6 Å². The monoisotopic (exact) mass is 299 g/mol. The van der Waals surface area contributed by atoms with Gasteiger partial charge < -0.3 is 10.4 Å². The highest BCUT2D eigenvalue weighted by atomic mass is 32.2. The van der Waals surface area contributed by atoms with E-state index in [9.17, 15) is 14.7 Å². The molecule has 0 unspecified atom stereocenters. The largest absolute Gasteiger partial charge is 0.480 e. The zero-order chi connectivity index (χ0) is 14.4. The molecular formula is C15H25NO3S. The highest BCUT2D eigenvalue weighted by molar-refractivity contribution is 7.99. The highest BCUT2D eigenvalue weighted by Crippen LogP contribution is 2.29. The fourth-order valence-corrected chi connectivity index (χ4v) is 4.36. The van der Waals surface area contributed by atoms with E-state index in [1.54, 1.807) is 11.8 Å². The number of amides is 1. The van der Waals surface area contributed by atoms with Crippen LogP contribution in [-0.2, 0) is 9.59 Å². The molecule has 1 heterocycles. The molecule has 2 fully saturated rings. The zero-order valence-electron chi connectivity index (χ0n) is 12.0. The maximum absolute atomic E-state index is 12.5. The van der Waals surface area contributed by atoms with Gasteiger partial charge in [-0.1, -0.05) is 32.1 Å². The van der Waals surface area contributed by atoms with Gasteiger partial charge in [0.2, 0.25) is 5.91 Å². The molecule has 2 rings (SSSR count). The van der Waals surface area contributed by atoms with Crippen LogP contribution in [0.15, 0.2) is 0 Å². The van der Waals surface area contributed by atoms with E-state index in [0.717, 1.165) is 37.2 Å². The van der Waals surface area contributed by atoms with Crippen molar-refractivity contribution in [2.45, 2.75) is 63.3 Å². The number of nitrogens with one attached hydrogen (secondary N) is 1. The summed E-state index contributed by atoms with van der Waals surface area (Å²) >= 11 is 1.77. The second-order valence-electron chi connectivity index (χ2n) is 6.03. The highest BCUT2D eigenvalue weighted by Gasteiger charge is 2.42. The molecule has 0 atom stereocenters. The van der Waals surface area contributed by atoms with Gasteiger partial charge in [-0.2, -0.15) is 11.8 Å². The van der Waals surface area contributed by atoms with Crippen molar-refractivity contribution in [3.63, 3.8) is 0 Å². The lowest BCUT2D eigenvalue weighted by Gasteiger charge is -2.35. The molecule has 1 saturated heterocycles. The van der Waals surface area contributed by atoms with Crippen LogP contribution in [0.4, 0.5) is 0 Å². The smallest absolute Gasteiger partial charge is 0.329 e. The first-order valence-electron chi connectivity index (χ1n) is 7.77. The second kappa shape index (κ2) is 7.34. The second-order valence-corrected chi connectivity index (χ2v) is 7.26. The summed E-state index contributed by atoms with van der Waals surface area (Å²) in [5.74, 6) is 0.758. The Morgan fingerprint density at radius 3 is 2.10 bits per heavy atom. The number of rotatable bonds is 3. The number of carboxylic acids is 1. The van der Waals surface area contributed by atoms with Crippen LogP contribution in [-0.4, -0.2) is 34.0 Å². The van der Waals surface area contributed by atoms with Crippen LogP contribution < -0.4 is 5.32 Å². The number of carboxylic acid groups (broad SMARTS) is 1. The van der Waals surface area contributed by atoms with Gasteiger partial charge in [-0.05, 0) is 37.2 Å². The number of carbonyl (C=O) groups is 2. The van der Waals surface area contributed by atoms with Gasteiger partial charge in [-0.25, -0.2) is 4.79 Å². The minimum absolute atomic E-state index is 0.0149. The van der Waals surface area contributed by atoms with E-state index in [1.807, 2.05) is 0 Å². The maximum Gasteiger partial charge on any atom is 0.329 e. The standard InChI is InChI=1S/C15H25NO3S/c17-13(12-6-4-2-1-3-5-7-12)16-15(14(18)19)8-10-20-11-9-15/h12H,1-11H2,(H,16,17)(H,18,19). The molecule has 0 aromatic carbocycles. The minimum atomic E-state index is -1.01. The van der Waals surface area contributed by atoms with Gasteiger partial charge in [0.05, 0.1) is 0 Å². The molecule has 114 valence electrons. The zero-order valence-corrected chi connectivity index (χ0v) is 12.8. The molecule has 1 amide bonds. The summed E-state index contributed by atoms with van der Waals surface area (Å²) < 4.78 is 0. The Kier molecular flexibility index (Phi) is 5.75. The maximum atomic E-state index is 12.5. The van der Waals surface area contributed by atoms with Crippen LogP contribution in [0.3, 0.4) is 0 Å². The van der Waals surface area contributed by atoms with Crippen LogP contribution in [0.2, 0.25) is 0 Å². The molecule has 20 heavy (non-hydrogen) atoms. The van der Waals surface area contributed by atoms with E-state index in [2.05, 4.69) is 5.32 Å². The van der Waals surface area contributed by atoms with Crippen molar-refractivity contribution in [3.05, 3.63) is 0 Å². The van der Waals surface area contributed by atoms with Gasteiger partial charge in [0, 0.05) is 5.92 Å². The average Bonchev–Trinajstić information content (AvgIpc) is 2.39. The van der Waals surface area contributed by atoms with E-state index in [1.165, 1.54) is 19.3 Å². The summed E-state index contributed by atoms with van der Waals surface area (Å²) in [6.45, 7) is 0. The van der Waals surface area contributed by atoms with Crippen LogP contribution in [0, 0.1) is 5.92 Å². The van der Waals surface area contributed by atoms with E-state index in [4.69, 9.17) is 0 Å². The summed E-state index contributed by atoms with van der Waals surface area (Å²) in [5.41, 5.74) is -1.01. The average molecular weight is 299 g/mol. The Labute approximate surface area is 125 Å². The lowest BCUT2D eigenvalue weighted by Crippen LogP contribution is -2.57. The van der Waals surface area contributed by atoms with Gasteiger partial charge in [-0.3, -0.25) is 4.79 Å². The van der Waals surface area contributed by atoms with Crippen molar-refractivity contribution in [1.29, 1.82) is 0 Å². The third-order valence-electron chi connectivity index (χ3n) is 4.59. The van der Waals surface area contributed by atoms with Gasteiger partial charge >= 0.3 is 5.97 Å². The summed E-state index contributed by atoms with van der Waals surface area (Å²) in [6.07, 6.45) is 8.77. The molecule has 4 nitrogen and oxygen atoms in total. The lowest BCUT2D eigenvalue weighted by atomic mass is 9.87. The SMILES string of the molecule is O=C(NC1(C(=O)O)CCSCC1)C1CCCCCCC1. The topological polar surface area (TPSA) is 66.4 Å². The van der Waals surface area contributed by atoms with Crippen molar-refractivity contribution in [2.24, 2.45) is 5.92 Å². The van der Waals surface area contributed by atoms with Crippen LogP contribution in [0.1, 0.15) is 57.8 Å². The Morgan fingerprint density at radius 2 is 1.55 bits per heavy atom. The van der Waals surface area contributed by atoms with Crippen LogP contribution in [0.25, 0.3) is 0 Å². The van der Waals surface area contributed by atoms with Crippen molar-refractivity contribution in [1.82, 2.24) is 5.32 Å². The molecule has 0 spiro atoms. The van der Waals surface area contributed by atoms with Crippen LogP contribution in [0.5, 0.6) is 0 Å². The summed E-state index contributed by atoms with van der Waals surface area (Å²) in [6, 6.07) is 0. The van der Waals surface area contributed by atoms with Gasteiger partial charge in [0.15, 0.2) is 0 Å². The Bertz CT molecular complexity index is 345. The van der Waals surface area contributed by atoms with Gasteiger partial charge in [-0.15, -0.1) is 0 Å². The molecule has 0 aromatic heterocycles. The number of hydrogen-bond acceptors (Lipinski definition) is 3. The predicted molar refractivity (Wildman–Crippen MR) is 80.9 cm³/mol. The molecule has 0 radical (unpaired) electrons. The third kappa shape index (κ3) is 3.90. The summed E-state index contributed by atoms with van der Waals surface area (Å²) in [5, 5.41) is 12.4. The normalized spacial score (nSPS) is 24.4. The Balaban J connectivity index is 1.98. The molecule has 0 aromatic rings. The predicted octanol–water partition coefficient (Wildman–Crippen LogP) is 2.81. The van der Waals surface area contributed by atoms with Crippen molar-refractivity contribution in [2.75, 3.05) is 11.5 Å². The first-order chi connectivity index (χ1) is 9.64. The Hall–Kier alpha value is -0.710. The minimum Gasteiger partial charge on any atom is -0.480 e. The lowest BCUT2D eigenvalue weighted by molar-refractivity contribution is -0.149. The number of aliphatic carboxylic acids is 1. The third-order valence-corrected chi connectivity index (χ3v) is 5.58. The van der Waals surface area contributed by atoms with E-state index >= 15 is 0 Å². The molecule has 0 bridgehead atoms. The molecule has 1 aliphatic heterocycles. The molecule has 1 aliphatic carbocycles. The Morgan fingerprint density at radius 1 is 1.00 bits per heavy atom. The molecule has 2 aliphatic rings. The fourth-order valence-electron chi connectivity index (χ4n) is 3.17. The van der Waals surface area contributed by atoms with E-state index < -0.39 is 11.5 Å². The first kappa shape index (κ1) is 15.7. The van der Waals surface area contributed by atoms with Gasteiger partial charge in [0.1, 0.15) is 5.54 Å². The van der Waals surface area contributed by atoms with Crippen LogP contribution >= 0.6 is 11.8 Å². The number of carbonyl (C=O) groups excluding carboxylic acids is 1. The number of hydrogen-bond donors (Lipinski definition) is 2. The van der Waals surface area contributed by atoms with Crippen molar-refractivity contribution < 1.29 is 14.7 Å². The molecule has 5 heteroatoms. The van der Waals surface area contributed by atoms with Crippen molar-refractivity contribution in [3.8, 4) is 0 Å². The van der Waals surface area contributed by atoms with E-state index in [-0.39, 0.29) is 11.8 Å². The first-order valence-corrected chi connectivity index (χ1v) is 8.93. The number of thioether (sulfide) groups is 1. The molecule has 2 N–H and O–H groups in total. The summed E-state index contributed by atoms with van der Waals surface area (Å²) in [7, 11) is 0. The van der Waals surface area contributed by atoms with Gasteiger partial charge in [0.25, 0.3) is 0 Å².